The maximum Gasteiger partial charge on any atom is 0.256 e. The number of carbonyl (C=O) groups is 2. The maximum atomic E-state index is 13.7. The molecule has 1 heterocycles. The van der Waals surface area contributed by atoms with Crippen LogP contribution in [0.3, 0.4) is 0 Å². The van der Waals surface area contributed by atoms with E-state index in [0.29, 0.717) is 57.5 Å². The van der Waals surface area contributed by atoms with E-state index in [1.54, 1.807) is 59.5 Å². The Balaban J connectivity index is 1.57. The van der Waals surface area contributed by atoms with Gasteiger partial charge < -0.3 is 19.7 Å². The molecule has 0 bridgehead atoms. The van der Waals surface area contributed by atoms with Gasteiger partial charge in [0.1, 0.15) is 17.5 Å². The topological polar surface area (TPSA) is 71.1 Å². The fraction of sp³-hybridized carbons (Fsp3) is 0.250. The quantitative estimate of drug-likeness (QED) is 0.261. The third-order valence-electron chi connectivity index (χ3n) is 6.18. The summed E-state index contributed by atoms with van der Waals surface area (Å²) in [6.07, 6.45) is 0.374. The summed E-state index contributed by atoms with van der Waals surface area (Å²) < 4.78 is 10.7. The Morgan fingerprint density at radius 2 is 1.77 bits per heavy atom. The Morgan fingerprint density at radius 1 is 1.03 bits per heavy atom. The predicted octanol–water partition coefficient (Wildman–Crippen LogP) is 6.63. The SMILES string of the molecule is CCOc1ccc(NC(=O)C[C@@H]2C(=O)N(c3ccc(OC)c(Cl)c3)C(=S)N2CCc2ccc(Cl)cc2Cl)cc1. The molecule has 0 aromatic heterocycles. The van der Waals surface area contributed by atoms with Crippen molar-refractivity contribution < 1.29 is 19.1 Å². The van der Waals surface area contributed by atoms with E-state index in [2.05, 4.69) is 5.32 Å². The summed E-state index contributed by atoms with van der Waals surface area (Å²) in [5.74, 6) is 0.515. The zero-order valence-electron chi connectivity index (χ0n) is 21.2. The number of thiocarbonyl (C=S) groups is 1. The molecule has 2 amide bonds. The molecule has 204 valence electrons. The van der Waals surface area contributed by atoms with Crippen molar-refractivity contribution in [2.45, 2.75) is 25.8 Å². The molecule has 0 spiro atoms. The molecular formula is C28H26Cl3N3O4S. The van der Waals surface area contributed by atoms with Gasteiger partial charge in [-0.15, -0.1) is 0 Å². The smallest absolute Gasteiger partial charge is 0.256 e. The molecule has 3 aromatic carbocycles. The molecule has 3 aromatic rings. The summed E-state index contributed by atoms with van der Waals surface area (Å²) in [5, 5.41) is 4.50. The number of ether oxygens (including phenoxy) is 2. The molecule has 1 fully saturated rings. The maximum absolute atomic E-state index is 13.7. The minimum absolute atomic E-state index is 0.110. The number of amides is 2. The normalized spacial score (nSPS) is 15.1. The molecule has 1 aliphatic heterocycles. The van der Waals surface area contributed by atoms with Crippen LogP contribution in [0.25, 0.3) is 0 Å². The van der Waals surface area contributed by atoms with Gasteiger partial charge in [-0.1, -0.05) is 40.9 Å². The summed E-state index contributed by atoms with van der Waals surface area (Å²) in [6.45, 7) is 2.80. The first kappa shape index (κ1) is 29.0. The number of nitrogens with one attached hydrogen (secondary N) is 1. The molecule has 0 saturated carbocycles. The van der Waals surface area contributed by atoms with Crippen LogP contribution in [0.5, 0.6) is 11.5 Å². The van der Waals surface area contributed by atoms with E-state index in [1.807, 2.05) is 13.0 Å². The molecule has 7 nitrogen and oxygen atoms in total. The van der Waals surface area contributed by atoms with Crippen molar-refractivity contribution in [2.75, 3.05) is 30.5 Å². The van der Waals surface area contributed by atoms with Crippen molar-refractivity contribution in [1.29, 1.82) is 0 Å². The summed E-state index contributed by atoms with van der Waals surface area (Å²) >= 11 is 24.5. The van der Waals surface area contributed by atoms with Gasteiger partial charge in [-0.25, -0.2) is 0 Å². The minimum Gasteiger partial charge on any atom is -0.495 e. The highest BCUT2D eigenvalue weighted by molar-refractivity contribution is 7.80. The van der Waals surface area contributed by atoms with Crippen LogP contribution in [0, 0.1) is 0 Å². The Morgan fingerprint density at radius 3 is 2.41 bits per heavy atom. The summed E-state index contributed by atoms with van der Waals surface area (Å²) in [7, 11) is 1.51. The number of carbonyl (C=O) groups excluding carboxylic acids is 2. The molecule has 1 N–H and O–H groups in total. The molecule has 0 aliphatic carbocycles. The van der Waals surface area contributed by atoms with Gasteiger partial charge in [0.2, 0.25) is 5.91 Å². The molecular weight excluding hydrogens is 581 g/mol. The average Bonchev–Trinajstić information content (AvgIpc) is 3.13. The van der Waals surface area contributed by atoms with Gasteiger partial charge in [0.15, 0.2) is 5.11 Å². The van der Waals surface area contributed by atoms with Crippen molar-refractivity contribution >= 4 is 75.3 Å². The number of benzene rings is 3. The van der Waals surface area contributed by atoms with E-state index in [4.69, 9.17) is 56.5 Å². The zero-order chi connectivity index (χ0) is 28.1. The highest BCUT2D eigenvalue weighted by atomic mass is 35.5. The van der Waals surface area contributed by atoms with Gasteiger partial charge in [-0.2, -0.15) is 0 Å². The molecule has 4 rings (SSSR count). The molecule has 39 heavy (non-hydrogen) atoms. The second kappa shape index (κ2) is 12.9. The van der Waals surface area contributed by atoms with Gasteiger partial charge in [0.25, 0.3) is 5.91 Å². The van der Waals surface area contributed by atoms with Gasteiger partial charge in [-0.05, 0) is 85.7 Å². The van der Waals surface area contributed by atoms with Gasteiger partial charge in [-0.3, -0.25) is 14.5 Å². The van der Waals surface area contributed by atoms with E-state index in [1.165, 1.54) is 12.0 Å². The lowest BCUT2D eigenvalue weighted by Gasteiger charge is -2.24. The largest absolute Gasteiger partial charge is 0.495 e. The van der Waals surface area contributed by atoms with E-state index >= 15 is 0 Å². The highest BCUT2D eigenvalue weighted by Crippen LogP contribution is 2.34. The van der Waals surface area contributed by atoms with E-state index in [9.17, 15) is 9.59 Å². The highest BCUT2D eigenvalue weighted by Gasteiger charge is 2.44. The third kappa shape index (κ3) is 6.76. The van der Waals surface area contributed by atoms with Gasteiger partial charge in [0.05, 0.1) is 30.8 Å². The Hall–Kier alpha value is -3.04. The first-order valence-electron chi connectivity index (χ1n) is 12.2. The number of anilines is 2. The Kier molecular flexibility index (Phi) is 9.56. The lowest BCUT2D eigenvalue weighted by molar-refractivity contribution is -0.124. The van der Waals surface area contributed by atoms with E-state index in [-0.39, 0.29) is 23.3 Å². The number of rotatable bonds is 10. The molecule has 1 atom stereocenters. The standard InChI is InChI=1S/C28H26Cl3N3O4S/c1-3-38-21-9-6-19(7-10-21)32-26(35)16-24-27(36)34(20-8-11-25(37-2)23(31)15-20)28(39)33(24)13-12-17-4-5-18(29)14-22(17)30/h4-11,14-15,24H,3,12-13,16H2,1-2H3,(H,32,35)/t24-/m1/s1. The molecule has 11 heteroatoms. The van der Waals surface area contributed by atoms with Crippen LogP contribution >= 0.6 is 47.0 Å². The second-order valence-corrected chi connectivity index (χ2v) is 10.3. The van der Waals surface area contributed by atoms with Crippen LogP contribution in [0.2, 0.25) is 15.1 Å². The number of hydrogen-bond acceptors (Lipinski definition) is 5. The molecule has 0 unspecified atom stereocenters. The van der Waals surface area contributed by atoms with Crippen LogP contribution in [-0.2, 0) is 16.0 Å². The fourth-order valence-electron chi connectivity index (χ4n) is 4.27. The van der Waals surface area contributed by atoms with Crippen LogP contribution < -0.4 is 19.7 Å². The third-order valence-corrected chi connectivity index (χ3v) is 7.48. The van der Waals surface area contributed by atoms with Crippen molar-refractivity contribution in [3.05, 3.63) is 81.3 Å². The number of methoxy groups -OCH3 is 1. The second-order valence-electron chi connectivity index (χ2n) is 8.68. The summed E-state index contributed by atoms with van der Waals surface area (Å²) in [5.41, 5.74) is 1.93. The Bertz CT molecular complexity index is 1390. The average molecular weight is 607 g/mol. The number of hydrogen-bond donors (Lipinski definition) is 1. The molecule has 0 radical (unpaired) electrons. The predicted molar refractivity (Wildman–Crippen MR) is 160 cm³/mol. The monoisotopic (exact) mass is 605 g/mol. The van der Waals surface area contributed by atoms with Crippen LogP contribution in [0.4, 0.5) is 11.4 Å². The molecule has 1 saturated heterocycles. The Labute approximate surface area is 247 Å². The molecule has 1 aliphatic rings. The zero-order valence-corrected chi connectivity index (χ0v) is 24.3. The van der Waals surface area contributed by atoms with Gasteiger partial charge in [0, 0.05) is 22.3 Å². The number of nitrogens with zero attached hydrogens (tertiary/aromatic N) is 2. The van der Waals surface area contributed by atoms with Crippen molar-refractivity contribution in [2.24, 2.45) is 0 Å². The lowest BCUT2D eigenvalue weighted by atomic mass is 10.1. The van der Waals surface area contributed by atoms with E-state index in [0.717, 1.165) is 5.56 Å². The number of halogens is 3. The summed E-state index contributed by atoms with van der Waals surface area (Å²) in [6, 6.07) is 16.4. The van der Waals surface area contributed by atoms with Crippen molar-refractivity contribution in [3.63, 3.8) is 0 Å². The summed E-state index contributed by atoms with van der Waals surface area (Å²) in [4.78, 5) is 29.9. The van der Waals surface area contributed by atoms with Crippen LogP contribution in [-0.4, -0.2) is 48.1 Å². The van der Waals surface area contributed by atoms with Gasteiger partial charge >= 0.3 is 0 Å². The first-order chi connectivity index (χ1) is 18.7. The van der Waals surface area contributed by atoms with Crippen molar-refractivity contribution in [1.82, 2.24) is 4.90 Å². The van der Waals surface area contributed by atoms with E-state index < -0.39 is 6.04 Å². The lowest BCUT2D eigenvalue weighted by Crippen LogP contribution is -2.39. The fourth-order valence-corrected chi connectivity index (χ4v) is 5.44. The van der Waals surface area contributed by atoms with Crippen molar-refractivity contribution in [3.8, 4) is 11.5 Å². The van der Waals surface area contributed by atoms with Crippen LogP contribution in [0.15, 0.2) is 60.7 Å². The minimum atomic E-state index is -0.827. The van der Waals surface area contributed by atoms with Crippen LogP contribution in [0.1, 0.15) is 18.9 Å². The first-order valence-corrected chi connectivity index (χ1v) is 13.7.